The predicted molar refractivity (Wildman–Crippen MR) is 78.1 cm³/mol. The number of anilines is 1. The molecule has 0 bridgehead atoms. The van der Waals surface area contributed by atoms with E-state index in [4.69, 9.17) is 17.3 Å². The van der Waals surface area contributed by atoms with Crippen LogP contribution in [0.2, 0.25) is 0 Å². The third-order valence-corrected chi connectivity index (χ3v) is 5.13. The largest absolute Gasteiger partial charge is 0.478 e. The highest BCUT2D eigenvalue weighted by Gasteiger charge is 2.33. The highest BCUT2D eigenvalue weighted by atomic mass is 32.2. The van der Waals surface area contributed by atoms with Gasteiger partial charge in [0, 0.05) is 12.2 Å². The number of sulfonamides is 1. The van der Waals surface area contributed by atoms with Crippen molar-refractivity contribution in [3.63, 3.8) is 0 Å². The van der Waals surface area contributed by atoms with Crippen molar-refractivity contribution in [2.45, 2.75) is 17.7 Å². The topological polar surface area (TPSA) is 101 Å². The molecule has 0 heterocycles. The first-order valence-electron chi connectivity index (χ1n) is 6.42. The first-order chi connectivity index (χ1) is 9.86. The first kappa shape index (κ1) is 15.4. The van der Waals surface area contributed by atoms with Crippen molar-refractivity contribution < 1.29 is 18.3 Å². The Balaban J connectivity index is 2.48. The molecule has 0 spiro atoms. The lowest BCUT2D eigenvalue weighted by molar-refractivity contribution is 0.0692. The van der Waals surface area contributed by atoms with Gasteiger partial charge in [-0.15, -0.1) is 6.42 Å². The smallest absolute Gasteiger partial charge is 0.337 e. The van der Waals surface area contributed by atoms with Crippen LogP contribution in [0.3, 0.4) is 0 Å². The Hall–Kier alpha value is -2.04. The average molecular weight is 308 g/mol. The lowest BCUT2D eigenvalue weighted by atomic mass is 10.2. The van der Waals surface area contributed by atoms with Gasteiger partial charge in [0.15, 0.2) is 0 Å². The first-order valence-corrected chi connectivity index (χ1v) is 7.86. The Morgan fingerprint density at radius 3 is 2.67 bits per heavy atom. The number of hydrogen-bond donors (Lipinski definition) is 2. The van der Waals surface area contributed by atoms with Crippen LogP contribution in [0.5, 0.6) is 0 Å². The zero-order valence-corrected chi connectivity index (χ0v) is 12.1. The van der Waals surface area contributed by atoms with E-state index >= 15 is 0 Å². The summed E-state index contributed by atoms with van der Waals surface area (Å²) in [6.07, 6.45) is 7.15. The second-order valence-electron chi connectivity index (χ2n) is 5.01. The Labute approximate surface area is 123 Å². The summed E-state index contributed by atoms with van der Waals surface area (Å²) in [6, 6.07) is 3.71. The van der Waals surface area contributed by atoms with Crippen molar-refractivity contribution in [1.29, 1.82) is 0 Å². The molecule has 3 N–H and O–H groups in total. The third-order valence-electron chi connectivity index (χ3n) is 3.28. The fourth-order valence-corrected chi connectivity index (χ4v) is 3.65. The molecule has 0 atom stereocenters. The van der Waals surface area contributed by atoms with Gasteiger partial charge in [0.2, 0.25) is 10.0 Å². The molecular formula is C14H16N2O4S. The molecule has 0 aromatic heterocycles. The molecule has 0 amide bonds. The average Bonchev–Trinajstić information content (AvgIpc) is 3.21. The highest BCUT2D eigenvalue weighted by Crippen LogP contribution is 2.32. The number of aromatic carboxylic acids is 1. The fraction of sp³-hybridized carbons (Fsp3) is 0.357. The zero-order valence-electron chi connectivity index (χ0n) is 11.3. The van der Waals surface area contributed by atoms with Gasteiger partial charge < -0.3 is 10.8 Å². The number of nitrogens with zero attached hydrogens (tertiary/aromatic N) is 1. The van der Waals surface area contributed by atoms with E-state index in [2.05, 4.69) is 5.92 Å². The molecule has 7 heteroatoms. The maximum Gasteiger partial charge on any atom is 0.337 e. The number of carbonyl (C=O) groups is 1. The number of benzene rings is 1. The Morgan fingerprint density at radius 2 is 2.14 bits per heavy atom. The summed E-state index contributed by atoms with van der Waals surface area (Å²) in [7, 11) is -3.99. The number of terminal acetylenes is 1. The van der Waals surface area contributed by atoms with Crippen LogP contribution in [0.4, 0.5) is 5.69 Å². The number of hydrogen-bond acceptors (Lipinski definition) is 4. The van der Waals surface area contributed by atoms with Gasteiger partial charge in [-0.3, -0.25) is 0 Å². The second kappa shape index (κ2) is 5.76. The molecule has 112 valence electrons. The molecular weight excluding hydrogens is 292 g/mol. The van der Waals surface area contributed by atoms with Crippen LogP contribution in [-0.2, 0) is 10.0 Å². The van der Waals surface area contributed by atoms with Gasteiger partial charge in [0.25, 0.3) is 0 Å². The van der Waals surface area contributed by atoms with Crippen LogP contribution >= 0.6 is 0 Å². The van der Waals surface area contributed by atoms with Gasteiger partial charge in [-0.1, -0.05) is 5.92 Å². The highest BCUT2D eigenvalue weighted by molar-refractivity contribution is 7.89. The summed E-state index contributed by atoms with van der Waals surface area (Å²) >= 11 is 0. The molecule has 0 radical (unpaired) electrons. The van der Waals surface area contributed by atoms with Gasteiger partial charge in [0.1, 0.15) is 0 Å². The molecule has 2 rings (SSSR count). The van der Waals surface area contributed by atoms with E-state index in [0.29, 0.717) is 12.5 Å². The summed E-state index contributed by atoms with van der Waals surface area (Å²) in [4.78, 5) is 10.9. The molecule has 21 heavy (non-hydrogen) atoms. The Morgan fingerprint density at radius 1 is 1.48 bits per heavy atom. The van der Waals surface area contributed by atoms with Crippen molar-refractivity contribution in [2.75, 3.05) is 18.8 Å². The van der Waals surface area contributed by atoms with Crippen molar-refractivity contribution in [3.8, 4) is 12.3 Å². The van der Waals surface area contributed by atoms with Crippen LogP contribution in [0.1, 0.15) is 23.2 Å². The quantitative estimate of drug-likeness (QED) is 0.603. The van der Waals surface area contributed by atoms with Crippen LogP contribution < -0.4 is 5.73 Å². The number of carboxylic acid groups (broad SMARTS) is 1. The summed E-state index contributed by atoms with van der Waals surface area (Å²) in [5, 5.41) is 9.16. The zero-order chi connectivity index (χ0) is 15.6. The Kier molecular flexibility index (Phi) is 4.21. The van der Waals surface area contributed by atoms with E-state index < -0.39 is 16.0 Å². The van der Waals surface area contributed by atoms with E-state index in [0.717, 1.165) is 23.2 Å². The number of nitrogen functional groups attached to an aromatic ring is 1. The van der Waals surface area contributed by atoms with E-state index in [1.165, 1.54) is 12.1 Å². The van der Waals surface area contributed by atoms with Gasteiger partial charge in [-0.05, 0) is 37.0 Å². The van der Waals surface area contributed by atoms with Gasteiger partial charge >= 0.3 is 5.97 Å². The van der Waals surface area contributed by atoms with Crippen LogP contribution in [0.15, 0.2) is 23.1 Å². The predicted octanol–water partition coefficient (Wildman–Crippen LogP) is 1.00. The lowest BCUT2D eigenvalue weighted by Gasteiger charge is -2.21. The maximum atomic E-state index is 12.7. The van der Waals surface area contributed by atoms with Gasteiger partial charge in [-0.2, -0.15) is 4.31 Å². The molecule has 1 aliphatic carbocycles. The SMILES string of the molecule is C#CCN(CC1CC1)S(=O)(=O)c1cc(N)ccc1C(=O)O. The van der Waals surface area contributed by atoms with Crippen molar-refractivity contribution in [2.24, 2.45) is 5.92 Å². The van der Waals surface area contributed by atoms with Crippen LogP contribution in [0.25, 0.3) is 0 Å². The summed E-state index contributed by atoms with van der Waals surface area (Å²) in [6.45, 7) is 0.215. The van der Waals surface area contributed by atoms with E-state index in [-0.39, 0.29) is 22.7 Å². The van der Waals surface area contributed by atoms with E-state index in [1.807, 2.05) is 0 Å². The Bertz CT molecular complexity index is 702. The maximum absolute atomic E-state index is 12.7. The minimum Gasteiger partial charge on any atom is -0.478 e. The third kappa shape index (κ3) is 3.35. The summed E-state index contributed by atoms with van der Waals surface area (Å²) in [5.41, 5.74) is 5.48. The second-order valence-corrected chi connectivity index (χ2v) is 6.91. The molecule has 1 aromatic rings. The number of carboxylic acids is 1. The molecule has 0 unspecified atom stereocenters. The minimum absolute atomic E-state index is 0.0906. The number of rotatable bonds is 6. The van der Waals surface area contributed by atoms with Crippen molar-refractivity contribution >= 4 is 21.7 Å². The monoisotopic (exact) mass is 308 g/mol. The van der Waals surface area contributed by atoms with E-state index in [1.54, 1.807) is 0 Å². The molecule has 0 aliphatic heterocycles. The molecule has 1 saturated carbocycles. The lowest BCUT2D eigenvalue weighted by Crippen LogP contribution is -2.34. The normalized spacial score (nSPS) is 14.9. The van der Waals surface area contributed by atoms with Crippen molar-refractivity contribution in [3.05, 3.63) is 23.8 Å². The van der Waals surface area contributed by atoms with Gasteiger partial charge in [0.05, 0.1) is 17.0 Å². The standard InChI is InChI=1S/C14H16N2O4S/c1-2-7-16(9-10-3-4-10)21(19,20)13-8-11(15)5-6-12(13)14(17)18/h1,5-6,8,10H,3-4,7,9,15H2,(H,17,18). The molecule has 1 fully saturated rings. The van der Waals surface area contributed by atoms with Crippen molar-refractivity contribution in [1.82, 2.24) is 4.31 Å². The molecule has 0 saturated heterocycles. The number of nitrogens with two attached hydrogens (primary N) is 1. The molecule has 6 nitrogen and oxygen atoms in total. The van der Waals surface area contributed by atoms with E-state index in [9.17, 15) is 13.2 Å². The molecule has 1 aliphatic rings. The van der Waals surface area contributed by atoms with Crippen LogP contribution in [0, 0.1) is 18.3 Å². The summed E-state index contributed by atoms with van der Waals surface area (Å²) < 4.78 is 26.5. The fourth-order valence-electron chi connectivity index (χ4n) is 2.01. The molecule has 1 aromatic carbocycles. The van der Waals surface area contributed by atoms with Crippen LogP contribution in [-0.4, -0.2) is 36.9 Å². The minimum atomic E-state index is -3.99. The summed E-state index contributed by atoms with van der Waals surface area (Å²) in [5.74, 6) is 1.28. The van der Waals surface area contributed by atoms with Gasteiger partial charge in [-0.25, -0.2) is 13.2 Å².